The van der Waals surface area contributed by atoms with Crippen molar-refractivity contribution in [3.05, 3.63) is 0 Å². The van der Waals surface area contributed by atoms with Crippen LogP contribution in [-0.2, 0) is 4.79 Å². The number of nitrogens with two attached hydrogens (primary N) is 1. The summed E-state index contributed by atoms with van der Waals surface area (Å²) in [7, 11) is 1.60. The van der Waals surface area contributed by atoms with Crippen LogP contribution in [0.25, 0.3) is 0 Å². The van der Waals surface area contributed by atoms with Gasteiger partial charge in [0, 0.05) is 13.5 Å². The van der Waals surface area contributed by atoms with Crippen molar-refractivity contribution >= 4 is 5.91 Å². The van der Waals surface area contributed by atoms with Gasteiger partial charge < -0.3 is 16.2 Å². The van der Waals surface area contributed by atoms with Crippen molar-refractivity contribution in [2.45, 2.75) is 76.9 Å². The Morgan fingerprint density at radius 1 is 1.35 bits per heavy atom. The summed E-state index contributed by atoms with van der Waals surface area (Å²) < 4.78 is 0. The number of nitrogens with one attached hydrogen (secondary N) is 1. The molecule has 1 fully saturated rings. The van der Waals surface area contributed by atoms with Gasteiger partial charge in [0.1, 0.15) is 5.54 Å². The topological polar surface area (TPSA) is 75.4 Å². The van der Waals surface area contributed by atoms with Crippen LogP contribution in [0.1, 0.15) is 65.2 Å². The molecule has 0 aromatic rings. The maximum Gasteiger partial charge on any atom is 0.240 e. The van der Waals surface area contributed by atoms with Gasteiger partial charge in [-0.05, 0) is 24.7 Å². The molecule has 0 spiro atoms. The van der Waals surface area contributed by atoms with Crippen molar-refractivity contribution in [2.75, 3.05) is 7.05 Å². The molecule has 4 nitrogen and oxygen atoms in total. The first kappa shape index (κ1) is 17.4. The van der Waals surface area contributed by atoms with Gasteiger partial charge >= 0.3 is 0 Å². The summed E-state index contributed by atoms with van der Waals surface area (Å²) in [5, 5.41) is 12.9. The quantitative estimate of drug-likeness (QED) is 0.671. The Bertz CT molecular complexity index is 301. The van der Waals surface area contributed by atoms with E-state index in [9.17, 15) is 9.90 Å². The van der Waals surface area contributed by atoms with Gasteiger partial charge in [0.2, 0.25) is 5.91 Å². The van der Waals surface area contributed by atoms with Gasteiger partial charge in [-0.25, -0.2) is 0 Å². The Kier molecular flexibility index (Phi) is 6.96. The first-order valence-corrected chi connectivity index (χ1v) is 8.09. The molecule has 1 aliphatic carbocycles. The molecule has 4 N–H and O–H groups in total. The molecule has 1 amide bonds. The molecule has 0 aliphatic heterocycles. The molecule has 118 valence electrons. The normalized spacial score (nSPS) is 21.5. The van der Waals surface area contributed by atoms with Crippen LogP contribution in [0.15, 0.2) is 0 Å². The van der Waals surface area contributed by atoms with Crippen LogP contribution in [0.2, 0.25) is 0 Å². The van der Waals surface area contributed by atoms with Crippen molar-refractivity contribution < 1.29 is 9.90 Å². The van der Waals surface area contributed by atoms with Gasteiger partial charge in [-0.1, -0.05) is 46.0 Å². The summed E-state index contributed by atoms with van der Waals surface area (Å²) in [5.74, 6) is 0.584. The molecule has 4 heteroatoms. The number of aliphatic hydroxyl groups excluding tert-OH is 1. The van der Waals surface area contributed by atoms with Crippen molar-refractivity contribution in [1.82, 2.24) is 5.32 Å². The zero-order chi connectivity index (χ0) is 15.2. The van der Waals surface area contributed by atoms with E-state index in [4.69, 9.17) is 5.73 Å². The number of amides is 1. The molecule has 0 bridgehead atoms. The Labute approximate surface area is 123 Å². The standard InChI is InChI=1S/C16H32N2O2/c1-12(2)16(17,15(20)18-3)11-14(19)10-9-13-7-5-4-6-8-13/h12-14,19H,4-11,17H2,1-3H3,(H,18,20). The number of aliphatic hydroxyl groups is 1. The van der Waals surface area contributed by atoms with E-state index in [2.05, 4.69) is 5.32 Å². The summed E-state index contributed by atoms with van der Waals surface area (Å²) in [6.45, 7) is 3.87. The van der Waals surface area contributed by atoms with E-state index in [1.807, 2.05) is 13.8 Å². The molecule has 20 heavy (non-hydrogen) atoms. The first-order valence-electron chi connectivity index (χ1n) is 8.09. The second kappa shape index (κ2) is 7.99. The minimum atomic E-state index is -0.971. The van der Waals surface area contributed by atoms with Crippen LogP contribution in [0, 0.1) is 11.8 Å². The maximum atomic E-state index is 12.0. The summed E-state index contributed by atoms with van der Waals surface area (Å²) >= 11 is 0. The fourth-order valence-electron chi connectivity index (χ4n) is 3.22. The molecule has 0 saturated heterocycles. The zero-order valence-corrected chi connectivity index (χ0v) is 13.3. The first-order chi connectivity index (χ1) is 9.40. The van der Waals surface area contributed by atoms with Crippen LogP contribution in [0.5, 0.6) is 0 Å². The molecule has 0 aromatic carbocycles. The van der Waals surface area contributed by atoms with Crippen molar-refractivity contribution in [3.8, 4) is 0 Å². The molecule has 0 aromatic heterocycles. The van der Waals surface area contributed by atoms with Gasteiger partial charge in [-0.15, -0.1) is 0 Å². The van der Waals surface area contributed by atoms with E-state index in [-0.39, 0.29) is 11.8 Å². The molecule has 0 heterocycles. The Balaban J connectivity index is 2.45. The maximum absolute atomic E-state index is 12.0. The van der Waals surface area contributed by atoms with E-state index in [1.54, 1.807) is 7.05 Å². The SMILES string of the molecule is CNC(=O)C(N)(CC(O)CCC1CCCCC1)C(C)C. The Hall–Kier alpha value is -0.610. The number of carbonyl (C=O) groups excluding carboxylic acids is 1. The predicted octanol–water partition coefficient (Wildman–Crippen LogP) is 2.20. The number of likely N-dealkylation sites (N-methyl/N-ethyl adjacent to an activating group) is 1. The summed E-state index contributed by atoms with van der Waals surface area (Å²) in [4.78, 5) is 12.0. The fourth-order valence-corrected chi connectivity index (χ4v) is 3.22. The molecule has 0 radical (unpaired) electrons. The molecule has 1 saturated carbocycles. The second-order valence-electron chi connectivity index (χ2n) is 6.71. The van der Waals surface area contributed by atoms with Crippen LogP contribution < -0.4 is 11.1 Å². The Morgan fingerprint density at radius 2 is 1.95 bits per heavy atom. The highest BCUT2D eigenvalue weighted by molar-refractivity contribution is 5.86. The molecule has 2 unspecified atom stereocenters. The number of rotatable bonds is 7. The number of carbonyl (C=O) groups is 1. The lowest BCUT2D eigenvalue weighted by atomic mass is 9.79. The van der Waals surface area contributed by atoms with Gasteiger partial charge in [0.15, 0.2) is 0 Å². The van der Waals surface area contributed by atoms with E-state index in [1.165, 1.54) is 32.1 Å². The van der Waals surface area contributed by atoms with Gasteiger partial charge in [0.05, 0.1) is 6.10 Å². The smallest absolute Gasteiger partial charge is 0.240 e. The van der Waals surface area contributed by atoms with E-state index < -0.39 is 11.6 Å². The van der Waals surface area contributed by atoms with Crippen LogP contribution in [0.4, 0.5) is 0 Å². The lowest BCUT2D eigenvalue weighted by Crippen LogP contribution is -2.58. The summed E-state index contributed by atoms with van der Waals surface area (Å²) in [6.07, 6.45) is 8.27. The predicted molar refractivity (Wildman–Crippen MR) is 82.3 cm³/mol. The minimum absolute atomic E-state index is 0.00628. The van der Waals surface area contributed by atoms with Crippen molar-refractivity contribution in [2.24, 2.45) is 17.6 Å². The van der Waals surface area contributed by atoms with E-state index in [0.29, 0.717) is 6.42 Å². The average molecular weight is 284 g/mol. The number of hydrogen-bond acceptors (Lipinski definition) is 3. The molecular formula is C16H32N2O2. The van der Waals surface area contributed by atoms with Gasteiger partial charge in [0.25, 0.3) is 0 Å². The second-order valence-corrected chi connectivity index (χ2v) is 6.71. The van der Waals surface area contributed by atoms with Crippen LogP contribution in [0.3, 0.4) is 0 Å². The highest BCUT2D eigenvalue weighted by atomic mass is 16.3. The van der Waals surface area contributed by atoms with E-state index in [0.717, 1.165) is 18.8 Å². The van der Waals surface area contributed by atoms with E-state index >= 15 is 0 Å². The largest absolute Gasteiger partial charge is 0.393 e. The minimum Gasteiger partial charge on any atom is -0.393 e. The lowest BCUT2D eigenvalue weighted by molar-refractivity contribution is -0.128. The van der Waals surface area contributed by atoms with Gasteiger partial charge in [-0.3, -0.25) is 4.79 Å². The molecule has 2 atom stereocenters. The fraction of sp³-hybridized carbons (Fsp3) is 0.938. The average Bonchev–Trinajstić information content (AvgIpc) is 2.45. The highest BCUT2D eigenvalue weighted by Gasteiger charge is 2.38. The number of hydrogen-bond donors (Lipinski definition) is 3. The van der Waals surface area contributed by atoms with Crippen molar-refractivity contribution in [1.29, 1.82) is 0 Å². The van der Waals surface area contributed by atoms with Crippen molar-refractivity contribution in [3.63, 3.8) is 0 Å². The highest BCUT2D eigenvalue weighted by Crippen LogP contribution is 2.29. The molecule has 1 aliphatic rings. The van der Waals surface area contributed by atoms with Crippen LogP contribution in [-0.4, -0.2) is 29.7 Å². The third-order valence-electron chi connectivity index (χ3n) is 4.89. The Morgan fingerprint density at radius 3 is 2.45 bits per heavy atom. The molecule has 1 rings (SSSR count). The van der Waals surface area contributed by atoms with Crippen LogP contribution >= 0.6 is 0 Å². The lowest BCUT2D eigenvalue weighted by Gasteiger charge is -2.34. The summed E-state index contributed by atoms with van der Waals surface area (Å²) in [5.41, 5.74) is 5.26. The summed E-state index contributed by atoms with van der Waals surface area (Å²) in [6, 6.07) is 0. The zero-order valence-electron chi connectivity index (χ0n) is 13.3. The van der Waals surface area contributed by atoms with Gasteiger partial charge in [-0.2, -0.15) is 0 Å². The monoisotopic (exact) mass is 284 g/mol. The molecular weight excluding hydrogens is 252 g/mol. The third kappa shape index (κ3) is 4.74. The third-order valence-corrected chi connectivity index (χ3v) is 4.89.